The van der Waals surface area contributed by atoms with Crippen LogP contribution in [0.25, 0.3) is 9.75 Å². The van der Waals surface area contributed by atoms with Gasteiger partial charge in [0.1, 0.15) is 0 Å². The smallest absolute Gasteiger partial charge is 0.0671 e. The van der Waals surface area contributed by atoms with Gasteiger partial charge in [-0.1, -0.05) is 0 Å². The third-order valence-corrected chi connectivity index (χ3v) is 7.91. The number of rotatable bonds is 1. The highest BCUT2D eigenvalue weighted by Crippen LogP contribution is 2.41. The normalized spacial score (nSPS) is 10.9. The lowest BCUT2D eigenvalue weighted by molar-refractivity contribution is 1.78. The first kappa shape index (κ1) is 12.8. The van der Waals surface area contributed by atoms with Gasteiger partial charge in [-0.2, -0.15) is 0 Å². The van der Waals surface area contributed by atoms with Crippen molar-refractivity contribution in [1.29, 1.82) is 0 Å². The van der Waals surface area contributed by atoms with Gasteiger partial charge in [-0.3, -0.25) is 0 Å². The molecule has 0 aliphatic carbocycles. The molecule has 6 heteroatoms. The molecule has 0 aromatic carbocycles. The maximum Gasteiger partial charge on any atom is 0.0671 e. The summed E-state index contributed by atoms with van der Waals surface area (Å²) in [6.45, 7) is 0. The largest absolute Gasteiger partial charge is 0.127 e. The van der Waals surface area contributed by atoms with Crippen LogP contribution in [0.1, 0.15) is 0 Å². The first-order valence-corrected chi connectivity index (χ1v) is 9.43. The van der Waals surface area contributed by atoms with E-state index in [2.05, 4.69) is 102 Å². The molecule has 0 atom stereocenters. The zero-order valence-corrected chi connectivity index (χ0v) is 16.7. The zero-order chi connectivity index (χ0) is 10.3. The summed E-state index contributed by atoms with van der Waals surface area (Å²) in [6.07, 6.45) is 0. The molecule has 0 amide bonds. The molecular formula is C8H2I4S2. The minimum absolute atomic E-state index is 1.36. The molecule has 14 heavy (non-hydrogen) atoms. The van der Waals surface area contributed by atoms with Crippen LogP contribution in [0.5, 0.6) is 0 Å². The van der Waals surface area contributed by atoms with Crippen LogP contribution in [0.15, 0.2) is 12.1 Å². The van der Waals surface area contributed by atoms with Gasteiger partial charge in [0.05, 0.1) is 15.5 Å². The molecular weight excluding hydrogens is 668 g/mol. The fourth-order valence-electron chi connectivity index (χ4n) is 0.991. The van der Waals surface area contributed by atoms with Crippen LogP contribution in [0.3, 0.4) is 0 Å². The molecule has 74 valence electrons. The van der Waals surface area contributed by atoms with Gasteiger partial charge >= 0.3 is 0 Å². The third-order valence-electron chi connectivity index (χ3n) is 1.52. The molecule has 0 spiro atoms. The first-order chi connectivity index (χ1) is 6.58. The molecule has 2 rings (SSSR count). The highest BCUT2D eigenvalue weighted by molar-refractivity contribution is 14.1. The quantitative estimate of drug-likeness (QED) is 0.332. The lowest BCUT2D eigenvalue weighted by Gasteiger charge is -1.94. The number of hydrogen-bond donors (Lipinski definition) is 0. The van der Waals surface area contributed by atoms with Crippen molar-refractivity contribution in [2.24, 2.45) is 0 Å². The predicted molar refractivity (Wildman–Crippen MR) is 98.5 cm³/mol. The Hall–Kier alpha value is 2.32. The van der Waals surface area contributed by atoms with Gasteiger partial charge in [-0.05, 0) is 102 Å². The van der Waals surface area contributed by atoms with Crippen LogP contribution in [0.2, 0.25) is 0 Å². The van der Waals surface area contributed by atoms with Crippen molar-refractivity contribution in [3.63, 3.8) is 0 Å². The number of thiophene rings is 2. The average Bonchev–Trinajstić information content (AvgIpc) is 2.55. The molecule has 2 aromatic heterocycles. The minimum Gasteiger partial charge on any atom is -0.127 e. The van der Waals surface area contributed by atoms with Crippen molar-refractivity contribution < 1.29 is 0 Å². The zero-order valence-electron chi connectivity index (χ0n) is 6.48. The second-order valence-electron chi connectivity index (χ2n) is 2.46. The summed E-state index contributed by atoms with van der Waals surface area (Å²) in [4.78, 5) is 2.85. The summed E-state index contributed by atoms with van der Waals surface area (Å²) in [5, 5.41) is 0. The topological polar surface area (TPSA) is 0 Å². The summed E-state index contributed by atoms with van der Waals surface area (Å²) in [5.74, 6) is 0. The second-order valence-corrected chi connectivity index (χ2v) is 10.7. The summed E-state index contributed by atoms with van der Waals surface area (Å²) < 4.78 is 5.46. The molecule has 0 aliphatic rings. The molecule has 0 unspecified atom stereocenters. The molecule has 0 aliphatic heterocycles. The van der Waals surface area contributed by atoms with Crippen molar-refractivity contribution in [3.8, 4) is 9.75 Å². The third kappa shape index (κ3) is 2.76. The molecule has 0 N–H and O–H groups in total. The SMILES string of the molecule is Ic1cc(I)c(-c2sc(I)cc2I)s1. The highest BCUT2D eigenvalue weighted by Gasteiger charge is 2.13. The molecule has 0 radical (unpaired) electrons. The molecule has 0 saturated heterocycles. The molecule has 2 aromatic rings. The van der Waals surface area contributed by atoms with Crippen LogP contribution in [0.4, 0.5) is 0 Å². The minimum atomic E-state index is 1.36. The molecule has 0 fully saturated rings. The summed E-state index contributed by atoms with van der Waals surface area (Å²) in [7, 11) is 0. The van der Waals surface area contributed by atoms with Crippen molar-refractivity contribution >= 4 is 113 Å². The van der Waals surface area contributed by atoms with Crippen molar-refractivity contribution in [1.82, 2.24) is 0 Å². The van der Waals surface area contributed by atoms with E-state index in [1.165, 1.54) is 22.7 Å². The Kier molecular flexibility index (Phi) is 4.84. The van der Waals surface area contributed by atoms with E-state index in [0.717, 1.165) is 0 Å². The van der Waals surface area contributed by atoms with E-state index in [1.807, 2.05) is 22.7 Å². The van der Waals surface area contributed by atoms with E-state index in [0.29, 0.717) is 0 Å². The summed E-state index contributed by atoms with van der Waals surface area (Å²) in [6, 6.07) is 4.48. The van der Waals surface area contributed by atoms with Crippen molar-refractivity contribution in [3.05, 3.63) is 25.0 Å². The second kappa shape index (κ2) is 5.31. The Morgan fingerprint density at radius 1 is 0.714 bits per heavy atom. The number of hydrogen-bond acceptors (Lipinski definition) is 2. The van der Waals surface area contributed by atoms with Gasteiger partial charge in [0.25, 0.3) is 0 Å². The molecule has 0 nitrogen and oxygen atoms in total. The summed E-state index contributed by atoms with van der Waals surface area (Å²) in [5.41, 5.74) is 0. The Balaban J connectivity index is 2.59. The van der Waals surface area contributed by atoms with Crippen LogP contribution in [-0.2, 0) is 0 Å². The van der Waals surface area contributed by atoms with E-state index < -0.39 is 0 Å². The van der Waals surface area contributed by atoms with E-state index in [9.17, 15) is 0 Å². The van der Waals surface area contributed by atoms with E-state index >= 15 is 0 Å². The average molecular weight is 670 g/mol. The fraction of sp³-hybridized carbons (Fsp3) is 0. The standard InChI is InChI=1S/C8H2I4S2/c9-3-1-5(11)13-7(3)8-4(10)2-6(12)14-8/h1-2H. The molecule has 2 heterocycles. The fourth-order valence-corrected chi connectivity index (χ4v) is 8.45. The van der Waals surface area contributed by atoms with Gasteiger partial charge in [0.2, 0.25) is 0 Å². The Morgan fingerprint density at radius 3 is 1.29 bits per heavy atom. The van der Waals surface area contributed by atoms with Gasteiger partial charge in [-0.15, -0.1) is 22.7 Å². The molecule has 0 saturated carbocycles. The van der Waals surface area contributed by atoms with Gasteiger partial charge < -0.3 is 0 Å². The van der Waals surface area contributed by atoms with Crippen LogP contribution in [-0.4, -0.2) is 0 Å². The van der Waals surface area contributed by atoms with Crippen LogP contribution < -0.4 is 0 Å². The molecule has 0 bridgehead atoms. The predicted octanol–water partition coefficient (Wildman–Crippen LogP) is 5.90. The van der Waals surface area contributed by atoms with Gasteiger partial charge in [0, 0.05) is 7.14 Å². The Morgan fingerprint density at radius 2 is 1.07 bits per heavy atom. The van der Waals surface area contributed by atoms with Crippen molar-refractivity contribution in [2.75, 3.05) is 0 Å². The van der Waals surface area contributed by atoms with Crippen LogP contribution >= 0.6 is 113 Å². The maximum atomic E-state index is 2.42. The highest BCUT2D eigenvalue weighted by atomic mass is 127. The lowest BCUT2D eigenvalue weighted by atomic mass is 10.4. The summed E-state index contributed by atoms with van der Waals surface area (Å²) >= 11 is 13.4. The maximum absolute atomic E-state index is 2.42. The Labute approximate surface area is 145 Å². The monoisotopic (exact) mass is 670 g/mol. The van der Waals surface area contributed by atoms with Gasteiger partial charge in [0.15, 0.2) is 0 Å². The van der Waals surface area contributed by atoms with E-state index in [-0.39, 0.29) is 0 Å². The Bertz CT molecular complexity index is 427. The lowest BCUT2D eigenvalue weighted by Crippen LogP contribution is -1.71. The van der Waals surface area contributed by atoms with E-state index in [4.69, 9.17) is 0 Å². The van der Waals surface area contributed by atoms with Crippen LogP contribution in [0, 0.1) is 12.9 Å². The van der Waals surface area contributed by atoms with Gasteiger partial charge in [-0.25, -0.2) is 0 Å². The van der Waals surface area contributed by atoms with E-state index in [1.54, 1.807) is 0 Å². The van der Waals surface area contributed by atoms with Crippen molar-refractivity contribution in [2.45, 2.75) is 0 Å². The first-order valence-electron chi connectivity index (χ1n) is 3.48. The number of halogens is 4.